The maximum Gasteiger partial charge on any atom is 0.414 e. The van der Waals surface area contributed by atoms with Crippen molar-refractivity contribution in [3.8, 4) is 11.5 Å². The molecule has 1 aliphatic heterocycles. The summed E-state index contributed by atoms with van der Waals surface area (Å²) in [6.45, 7) is 8.02. The van der Waals surface area contributed by atoms with Gasteiger partial charge in [-0.05, 0) is 31.9 Å². The molecule has 34 heavy (non-hydrogen) atoms. The van der Waals surface area contributed by atoms with Crippen molar-refractivity contribution in [3.63, 3.8) is 0 Å². The average Bonchev–Trinajstić information content (AvgIpc) is 2.85. The van der Waals surface area contributed by atoms with Gasteiger partial charge in [-0.15, -0.1) is 0 Å². The molecule has 2 unspecified atom stereocenters. The maximum absolute atomic E-state index is 13.1. The number of amides is 2. The van der Waals surface area contributed by atoms with Crippen molar-refractivity contribution in [3.05, 3.63) is 66.2 Å². The quantitative estimate of drug-likeness (QED) is 0.488. The summed E-state index contributed by atoms with van der Waals surface area (Å²) in [7, 11) is 3.09. The van der Waals surface area contributed by atoms with Gasteiger partial charge >= 0.3 is 12.2 Å². The van der Waals surface area contributed by atoms with Gasteiger partial charge < -0.3 is 18.9 Å². The number of hydrogen-bond donors (Lipinski definition) is 0. The number of anilines is 1. The first kappa shape index (κ1) is 25.0. The number of hydrogen-bond acceptors (Lipinski definition) is 6. The van der Waals surface area contributed by atoms with E-state index >= 15 is 0 Å². The minimum atomic E-state index is -0.495. The number of benzene rings is 2. The minimum absolute atomic E-state index is 0.0943. The Labute approximate surface area is 200 Å². The van der Waals surface area contributed by atoms with E-state index < -0.39 is 12.2 Å². The second kappa shape index (κ2) is 11.4. The van der Waals surface area contributed by atoms with Crippen LogP contribution in [0.25, 0.3) is 0 Å². The molecular formula is C26H32N2O6. The fourth-order valence-electron chi connectivity index (χ4n) is 4.21. The number of methoxy groups -OCH3 is 2. The predicted octanol–water partition coefficient (Wildman–Crippen LogP) is 5.32. The molecule has 8 heteroatoms. The van der Waals surface area contributed by atoms with Gasteiger partial charge in [-0.1, -0.05) is 43.0 Å². The van der Waals surface area contributed by atoms with Gasteiger partial charge in [0.2, 0.25) is 0 Å². The van der Waals surface area contributed by atoms with Crippen LogP contribution in [-0.2, 0) is 16.0 Å². The predicted molar refractivity (Wildman–Crippen MR) is 129 cm³/mol. The third-order valence-electron chi connectivity index (χ3n) is 5.75. The van der Waals surface area contributed by atoms with Gasteiger partial charge in [0.25, 0.3) is 0 Å². The van der Waals surface area contributed by atoms with Gasteiger partial charge in [-0.2, -0.15) is 0 Å². The van der Waals surface area contributed by atoms with Crippen molar-refractivity contribution < 1.29 is 28.5 Å². The summed E-state index contributed by atoms with van der Waals surface area (Å²) >= 11 is 0. The molecule has 0 saturated carbocycles. The fourth-order valence-corrected chi connectivity index (χ4v) is 4.21. The number of carbonyl (C=O) groups excluding carboxylic acids is 2. The zero-order chi connectivity index (χ0) is 24.7. The Morgan fingerprint density at radius 1 is 1.12 bits per heavy atom. The summed E-state index contributed by atoms with van der Waals surface area (Å²) in [5, 5.41) is 0. The molecule has 3 rings (SSSR count). The molecule has 0 bridgehead atoms. The van der Waals surface area contributed by atoms with E-state index in [1.54, 1.807) is 29.9 Å². The van der Waals surface area contributed by atoms with E-state index in [0.29, 0.717) is 30.2 Å². The monoisotopic (exact) mass is 468 g/mol. The normalized spacial score (nSPS) is 16.8. The summed E-state index contributed by atoms with van der Waals surface area (Å²) in [4.78, 5) is 29.4. The Kier molecular flexibility index (Phi) is 8.40. The zero-order valence-corrected chi connectivity index (χ0v) is 20.2. The van der Waals surface area contributed by atoms with Crippen LogP contribution in [0.15, 0.2) is 55.1 Å². The highest BCUT2D eigenvalue weighted by molar-refractivity contribution is 5.91. The molecular weight excluding hydrogens is 436 g/mol. The van der Waals surface area contributed by atoms with Crippen LogP contribution in [0.3, 0.4) is 0 Å². The Bertz CT molecular complexity index is 1010. The van der Waals surface area contributed by atoms with Crippen molar-refractivity contribution in [2.45, 2.75) is 38.9 Å². The molecule has 0 aromatic heterocycles. The van der Waals surface area contributed by atoms with E-state index in [1.807, 2.05) is 43.3 Å². The van der Waals surface area contributed by atoms with E-state index in [4.69, 9.17) is 18.9 Å². The van der Waals surface area contributed by atoms with Crippen LogP contribution in [0.1, 0.15) is 37.4 Å². The standard InChI is InChI=1S/C26H32N2O6/c1-6-13-34-26(30)28-18(3)14-21(20-15-23(31-4)24(32-5)16-22(20)28)27(25(29)33-7-2)17-19-11-9-8-10-12-19/h6,8-12,15-16,18,21H,1,7,13-14,17H2,2-5H3. The lowest BCUT2D eigenvalue weighted by Crippen LogP contribution is -2.47. The first-order chi connectivity index (χ1) is 16.4. The average molecular weight is 469 g/mol. The lowest BCUT2D eigenvalue weighted by Gasteiger charge is -2.42. The molecule has 2 atom stereocenters. The first-order valence-electron chi connectivity index (χ1n) is 11.2. The second-order valence-corrected chi connectivity index (χ2v) is 7.91. The van der Waals surface area contributed by atoms with Crippen LogP contribution in [-0.4, -0.2) is 50.6 Å². The lowest BCUT2D eigenvalue weighted by atomic mass is 9.90. The minimum Gasteiger partial charge on any atom is -0.493 e. The molecule has 2 aromatic rings. The van der Waals surface area contributed by atoms with Gasteiger partial charge in [0.15, 0.2) is 11.5 Å². The molecule has 2 amide bonds. The third kappa shape index (κ3) is 5.27. The molecule has 0 N–H and O–H groups in total. The van der Waals surface area contributed by atoms with Gasteiger partial charge in [-0.3, -0.25) is 9.80 Å². The molecule has 0 saturated heterocycles. The molecule has 0 radical (unpaired) electrons. The summed E-state index contributed by atoms with van der Waals surface area (Å²) < 4.78 is 21.8. The summed E-state index contributed by atoms with van der Waals surface area (Å²) in [5.74, 6) is 0.977. The fraction of sp³-hybridized carbons (Fsp3) is 0.385. The maximum atomic E-state index is 13.1. The SMILES string of the molecule is C=CCOC(=O)N1c2cc(OC)c(OC)cc2C(N(Cc2ccccc2)C(=O)OCC)CC1C. The Morgan fingerprint density at radius 2 is 1.79 bits per heavy atom. The van der Waals surface area contributed by atoms with Gasteiger partial charge in [0.1, 0.15) is 6.61 Å². The Morgan fingerprint density at radius 3 is 2.41 bits per heavy atom. The lowest BCUT2D eigenvalue weighted by molar-refractivity contribution is 0.0809. The van der Waals surface area contributed by atoms with Crippen LogP contribution in [0.4, 0.5) is 15.3 Å². The summed E-state index contributed by atoms with van der Waals surface area (Å²) in [6.07, 6.45) is 1.09. The topological polar surface area (TPSA) is 77.5 Å². The number of fused-ring (bicyclic) bond motifs is 1. The number of ether oxygens (including phenoxy) is 4. The molecule has 2 aromatic carbocycles. The number of nitrogens with zero attached hydrogens (tertiary/aromatic N) is 2. The zero-order valence-electron chi connectivity index (χ0n) is 20.2. The van der Waals surface area contributed by atoms with E-state index in [9.17, 15) is 9.59 Å². The van der Waals surface area contributed by atoms with Gasteiger partial charge in [0, 0.05) is 24.2 Å². The first-order valence-corrected chi connectivity index (χ1v) is 11.2. The molecule has 0 fully saturated rings. The van der Waals surface area contributed by atoms with Gasteiger partial charge in [0.05, 0.1) is 32.6 Å². The molecule has 0 aliphatic carbocycles. The van der Waals surface area contributed by atoms with Crippen LogP contribution in [0, 0.1) is 0 Å². The van der Waals surface area contributed by atoms with Crippen LogP contribution in [0.2, 0.25) is 0 Å². The molecule has 1 heterocycles. The number of rotatable bonds is 8. The molecule has 1 aliphatic rings. The van der Waals surface area contributed by atoms with Crippen molar-refractivity contribution in [1.29, 1.82) is 0 Å². The largest absolute Gasteiger partial charge is 0.493 e. The highest BCUT2D eigenvalue weighted by atomic mass is 16.6. The van der Waals surface area contributed by atoms with E-state index in [2.05, 4.69) is 6.58 Å². The van der Waals surface area contributed by atoms with Crippen molar-refractivity contribution in [2.24, 2.45) is 0 Å². The van der Waals surface area contributed by atoms with Crippen molar-refractivity contribution >= 4 is 17.9 Å². The highest BCUT2D eigenvalue weighted by Gasteiger charge is 2.40. The molecule has 182 valence electrons. The Balaban J connectivity index is 2.13. The summed E-state index contributed by atoms with van der Waals surface area (Å²) in [5.41, 5.74) is 2.31. The van der Waals surface area contributed by atoms with E-state index in [0.717, 1.165) is 11.1 Å². The third-order valence-corrected chi connectivity index (χ3v) is 5.75. The van der Waals surface area contributed by atoms with Crippen LogP contribution < -0.4 is 14.4 Å². The van der Waals surface area contributed by atoms with Crippen LogP contribution >= 0.6 is 0 Å². The van der Waals surface area contributed by atoms with Gasteiger partial charge in [-0.25, -0.2) is 9.59 Å². The second-order valence-electron chi connectivity index (χ2n) is 7.91. The van der Waals surface area contributed by atoms with Crippen molar-refractivity contribution in [1.82, 2.24) is 4.90 Å². The molecule has 0 spiro atoms. The number of carbonyl (C=O) groups is 2. The molecule has 8 nitrogen and oxygen atoms in total. The van der Waals surface area contributed by atoms with Crippen LogP contribution in [0.5, 0.6) is 11.5 Å². The smallest absolute Gasteiger partial charge is 0.414 e. The highest BCUT2D eigenvalue weighted by Crippen LogP contribution is 2.46. The Hall–Kier alpha value is -3.68. The van der Waals surface area contributed by atoms with E-state index in [1.165, 1.54) is 13.2 Å². The van der Waals surface area contributed by atoms with Crippen molar-refractivity contribution in [2.75, 3.05) is 32.3 Å². The summed E-state index contributed by atoms with van der Waals surface area (Å²) in [6, 6.07) is 12.7. The van der Waals surface area contributed by atoms with E-state index in [-0.39, 0.29) is 25.3 Å².